The van der Waals surface area contributed by atoms with Crippen molar-refractivity contribution < 1.29 is 22.4 Å². The average molecular weight is 277 g/mol. The van der Waals surface area contributed by atoms with E-state index in [0.717, 1.165) is 4.90 Å². The zero-order valence-corrected chi connectivity index (χ0v) is 9.65. The zero-order chi connectivity index (χ0) is 11.9. The number of hydrogen-bond donors (Lipinski definition) is 1. The van der Waals surface area contributed by atoms with Crippen molar-refractivity contribution >= 4 is 18.3 Å². The quantitative estimate of drug-likeness (QED) is 0.763. The average Bonchev–Trinajstić information content (AvgIpc) is 2.74. The highest BCUT2D eigenvalue weighted by atomic mass is 35.5. The molecule has 0 aliphatic carbocycles. The fraction of sp³-hybridized carbons (Fsp3) is 0.889. The smallest absolute Gasteiger partial charge is 0.337 e. The van der Waals surface area contributed by atoms with E-state index in [1.165, 1.54) is 0 Å². The third kappa shape index (κ3) is 2.49. The molecule has 0 saturated carbocycles. The summed E-state index contributed by atoms with van der Waals surface area (Å²) in [5.41, 5.74) is 0. The highest BCUT2D eigenvalue weighted by Gasteiger charge is 2.53. The number of hydrogen-bond acceptors (Lipinski definition) is 2. The number of alkyl halides is 4. The van der Waals surface area contributed by atoms with Crippen LogP contribution in [0.5, 0.6) is 0 Å². The molecule has 0 bridgehead atoms. The van der Waals surface area contributed by atoms with Gasteiger partial charge in [-0.1, -0.05) is 0 Å². The van der Waals surface area contributed by atoms with Gasteiger partial charge in [-0.05, 0) is 11.8 Å². The summed E-state index contributed by atoms with van der Waals surface area (Å²) in [4.78, 5) is 12.1. The Kier molecular flexibility index (Phi) is 4.24. The molecule has 2 aliphatic rings. The van der Waals surface area contributed by atoms with Crippen LogP contribution in [0.1, 0.15) is 0 Å². The second-order valence-electron chi connectivity index (χ2n) is 4.31. The lowest BCUT2D eigenvalue weighted by atomic mass is 10.0. The molecule has 0 unspecified atom stereocenters. The molecule has 1 N–H and O–H groups in total. The van der Waals surface area contributed by atoms with Crippen LogP contribution in [0.15, 0.2) is 0 Å². The van der Waals surface area contributed by atoms with E-state index < -0.39 is 18.3 Å². The van der Waals surface area contributed by atoms with Crippen LogP contribution in [0.25, 0.3) is 0 Å². The predicted octanol–water partition coefficient (Wildman–Crippen LogP) is 0.986. The molecule has 2 heterocycles. The molecule has 2 atom stereocenters. The van der Waals surface area contributed by atoms with Crippen LogP contribution in [0.3, 0.4) is 0 Å². The Morgan fingerprint density at radius 1 is 1.24 bits per heavy atom. The van der Waals surface area contributed by atoms with Crippen molar-refractivity contribution in [2.24, 2.45) is 11.8 Å². The molecule has 1 amide bonds. The first-order valence-corrected chi connectivity index (χ1v) is 5.09. The van der Waals surface area contributed by atoms with Gasteiger partial charge < -0.3 is 10.2 Å². The summed E-state index contributed by atoms with van der Waals surface area (Å²) >= 11 is 0. The summed E-state index contributed by atoms with van der Waals surface area (Å²) in [7, 11) is 0. The third-order valence-electron chi connectivity index (χ3n) is 3.24. The molecular formula is C9H13ClF4N2O. The molecule has 2 rings (SSSR count). The predicted molar refractivity (Wildman–Crippen MR) is 54.6 cm³/mol. The van der Waals surface area contributed by atoms with Gasteiger partial charge in [-0.25, -0.2) is 8.78 Å². The van der Waals surface area contributed by atoms with Crippen molar-refractivity contribution in [1.29, 1.82) is 0 Å². The number of rotatable bonds is 2. The Hall–Kier alpha value is -0.560. The molecule has 2 aliphatic heterocycles. The van der Waals surface area contributed by atoms with Crippen molar-refractivity contribution in [1.82, 2.24) is 10.2 Å². The summed E-state index contributed by atoms with van der Waals surface area (Å²) in [6.07, 6.45) is -3.93. The van der Waals surface area contributed by atoms with Crippen LogP contribution < -0.4 is 5.32 Å². The maximum Gasteiger partial charge on any atom is 0.383 e. The summed E-state index contributed by atoms with van der Waals surface area (Å²) in [5.74, 6) is -6.04. The van der Waals surface area contributed by atoms with E-state index >= 15 is 0 Å². The molecule has 2 saturated heterocycles. The van der Waals surface area contributed by atoms with Crippen LogP contribution in [-0.4, -0.2) is 49.3 Å². The third-order valence-corrected chi connectivity index (χ3v) is 3.24. The van der Waals surface area contributed by atoms with Crippen LogP contribution in [0.4, 0.5) is 17.6 Å². The van der Waals surface area contributed by atoms with Gasteiger partial charge in [0.2, 0.25) is 0 Å². The van der Waals surface area contributed by atoms with Gasteiger partial charge in [0.1, 0.15) is 0 Å². The van der Waals surface area contributed by atoms with Gasteiger partial charge in [0.25, 0.3) is 5.91 Å². The Morgan fingerprint density at radius 2 is 1.71 bits per heavy atom. The molecular weight excluding hydrogens is 264 g/mol. The number of carbonyl (C=O) groups excluding carboxylic acids is 1. The summed E-state index contributed by atoms with van der Waals surface area (Å²) in [6, 6.07) is 0. The zero-order valence-electron chi connectivity index (χ0n) is 8.84. The molecule has 2 fully saturated rings. The van der Waals surface area contributed by atoms with E-state index in [0.29, 0.717) is 13.1 Å². The molecule has 8 heteroatoms. The fourth-order valence-electron chi connectivity index (χ4n) is 2.33. The highest BCUT2D eigenvalue weighted by molar-refractivity contribution is 5.85. The minimum Gasteiger partial charge on any atom is -0.337 e. The van der Waals surface area contributed by atoms with Crippen molar-refractivity contribution in [3.63, 3.8) is 0 Å². The number of amides is 1. The molecule has 0 spiro atoms. The van der Waals surface area contributed by atoms with E-state index in [1.54, 1.807) is 0 Å². The largest absolute Gasteiger partial charge is 0.383 e. The lowest BCUT2D eigenvalue weighted by Crippen LogP contribution is -2.47. The van der Waals surface area contributed by atoms with Gasteiger partial charge in [-0.15, -0.1) is 12.4 Å². The first kappa shape index (κ1) is 14.5. The molecule has 0 aromatic rings. The number of nitrogens with one attached hydrogen (secondary N) is 1. The lowest BCUT2D eigenvalue weighted by Gasteiger charge is -2.23. The number of carbonyl (C=O) groups is 1. The Labute approximate surface area is 102 Å². The Bertz CT molecular complexity index is 291. The number of fused-ring (bicyclic) bond motifs is 1. The summed E-state index contributed by atoms with van der Waals surface area (Å²) < 4.78 is 49.6. The summed E-state index contributed by atoms with van der Waals surface area (Å²) in [6.45, 7) is 1.63. The summed E-state index contributed by atoms with van der Waals surface area (Å²) in [5, 5.41) is 3.07. The van der Waals surface area contributed by atoms with Gasteiger partial charge in [-0.2, -0.15) is 8.78 Å². The normalized spacial score (nSPS) is 28.2. The molecule has 0 radical (unpaired) electrons. The molecule has 0 aromatic heterocycles. The van der Waals surface area contributed by atoms with Gasteiger partial charge in [0.05, 0.1) is 0 Å². The van der Waals surface area contributed by atoms with Crippen LogP contribution >= 0.6 is 12.4 Å². The van der Waals surface area contributed by atoms with Crippen LogP contribution in [0, 0.1) is 11.8 Å². The van der Waals surface area contributed by atoms with E-state index in [4.69, 9.17) is 0 Å². The van der Waals surface area contributed by atoms with E-state index in [2.05, 4.69) is 5.32 Å². The standard InChI is InChI=1S/C9H12F4N2O.ClH/c10-7(11)9(12,13)8(16)15-3-5-1-14-2-6(5)4-15;/h5-7,14H,1-4H2;1H/t5-,6+;. The van der Waals surface area contributed by atoms with E-state index in [1.807, 2.05) is 0 Å². The molecule has 17 heavy (non-hydrogen) atoms. The van der Waals surface area contributed by atoms with Crippen molar-refractivity contribution in [2.45, 2.75) is 12.3 Å². The first-order chi connectivity index (χ1) is 7.43. The fourth-order valence-corrected chi connectivity index (χ4v) is 2.33. The first-order valence-electron chi connectivity index (χ1n) is 5.09. The Balaban J connectivity index is 0.00000144. The number of likely N-dealkylation sites (tertiary alicyclic amines) is 1. The maximum atomic E-state index is 12.8. The minimum absolute atomic E-state index is 0. The lowest BCUT2D eigenvalue weighted by molar-refractivity contribution is -0.179. The topological polar surface area (TPSA) is 32.3 Å². The van der Waals surface area contributed by atoms with Gasteiger partial charge >= 0.3 is 12.3 Å². The van der Waals surface area contributed by atoms with Crippen molar-refractivity contribution in [3.8, 4) is 0 Å². The SMILES string of the molecule is Cl.O=C(N1C[C@H]2CNC[C@H]2C1)C(F)(F)C(F)F. The van der Waals surface area contributed by atoms with Gasteiger partial charge in [-0.3, -0.25) is 4.79 Å². The van der Waals surface area contributed by atoms with Gasteiger partial charge in [0, 0.05) is 26.2 Å². The molecule has 0 aromatic carbocycles. The second kappa shape index (κ2) is 4.97. The molecule has 3 nitrogen and oxygen atoms in total. The maximum absolute atomic E-state index is 12.8. The minimum atomic E-state index is -4.55. The van der Waals surface area contributed by atoms with Crippen molar-refractivity contribution in [2.75, 3.05) is 26.2 Å². The highest BCUT2D eigenvalue weighted by Crippen LogP contribution is 2.31. The second-order valence-corrected chi connectivity index (χ2v) is 4.31. The number of halogens is 5. The molecule has 100 valence electrons. The monoisotopic (exact) mass is 276 g/mol. The van der Waals surface area contributed by atoms with Crippen LogP contribution in [0.2, 0.25) is 0 Å². The van der Waals surface area contributed by atoms with Gasteiger partial charge in [0.15, 0.2) is 0 Å². The van der Waals surface area contributed by atoms with E-state index in [-0.39, 0.29) is 37.3 Å². The Morgan fingerprint density at radius 3 is 2.12 bits per heavy atom. The number of nitrogens with zero attached hydrogens (tertiary/aromatic N) is 1. The van der Waals surface area contributed by atoms with Crippen molar-refractivity contribution in [3.05, 3.63) is 0 Å². The van der Waals surface area contributed by atoms with E-state index in [9.17, 15) is 22.4 Å². The van der Waals surface area contributed by atoms with Crippen LogP contribution in [-0.2, 0) is 4.79 Å².